The van der Waals surface area contributed by atoms with Crippen LogP contribution < -0.4 is 16.2 Å². The van der Waals surface area contributed by atoms with Crippen molar-refractivity contribution in [3.63, 3.8) is 0 Å². The van der Waals surface area contributed by atoms with E-state index in [1.807, 2.05) is 0 Å². The highest BCUT2D eigenvalue weighted by Crippen LogP contribution is 2.20. The first-order chi connectivity index (χ1) is 8.54. The van der Waals surface area contributed by atoms with Gasteiger partial charge in [-0.15, -0.1) is 0 Å². The number of phenolic OH excluding ortho intramolecular Hbond substituents is 1. The SMILES string of the molecule is Nc1cc(N)cc(C(=O)Oc2cccc(O)c2)c1. The van der Waals surface area contributed by atoms with Gasteiger partial charge in [0.2, 0.25) is 0 Å². The van der Waals surface area contributed by atoms with Gasteiger partial charge >= 0.3 is 5.97 Å². The molecule has 0 fully saturated rings. The third-order valence-electron chi connectivity index (χ3n) is 2.24. The van der Waals surface area contributed by atoms with Crippen molar-refractivity contribution in [2.24, 2.45) is 0 Å². The average Bonchev–Trinajstić information content (AvgIpc) is 2.27. The van der Waals surface area contributed by atoms with Gasteiger partial charge in [-0.05, 0) is 30.3 Å². The molecule has 5 heteroatoms. The molecule has 0 atom stereocenters. The molecule has 5 N–H and O–H groups in total. The van der Waals surface area contributed by atoms with Crippen LogP contribution in [0.3, 0.4) is 0 Å². The molecule has 2 aromatic rings. The number of ether oxygens (including phenoxy) is 1. The number of benzene rings is 2. The normalized spacial score (nSPS) is 10.0. The number of hydrogen-bond acceptors (Lipinski definition) is 5. The van der Waals surface area contributed by atoms with Crippen LogP contribution in [0.15, 0.2) is 42.5 Å². The van der Waals surface area contributed by atoms with Crippen molar-refractivity contribution in [2.45, 2.75) is 0 Å². The number of phenols is 1. The van der Waals surface area contributed by atoms with Crippen LogP contribution in [-0.2, 0) is 0 Å². The summed E-state index contributed by atoms with van der Waals surface area (Å²) in [5.74, 6) is -0.312. The zero-order chi connectivity index (χ0) is 13.1. The Morgan fingerprint density at radius 1 is 1.06 bits per heavy atom. The molecule has 92 valence electrons. The van der Waals surface area contributed by atoms with E-state index in [0.717, 1.165) is 0 Å². The fourth-order valence-electron chi connectivity index (χ4n) is 1.51. The predicted molar refractivity (Wildman–Crippen MR) is 68.3 cm³/mol. The molecular formula is C13H12N2O3. The van der Waals surface area contributed by atoms with Gasteiger partial charge in [-0.2, -0.15) is 0 Å². The molecule has 0 bridgehead atoms. The summed E-state index contributed by atoms with van der Waals surface area (Å²) in [6.07, 6.45) is 0. The Labute approximate surface area is 104 Å². The highest BCUT2D eigenvalue weighted by Gasteiger charge is 2.10. The van der Waals surface area contributed by atoms with Crippen molar-refractivity contribution in [1.82, 2.24) is 0 Å². The van der Waals surface area contributed by atoms with E-state index in [4.69, 9.17) is 16.2 Å². The molecule has 5 nitrogen and oxygen atoms in total. The number of hydrogen-bond donors (Lipinski definition) is 3. The van der Waals surface area contributed by atoms with Crippen molar-refractivity contribution in [1.29, 1.82) is 0 Å². The third-order valence-corrected chi connectivity index (χ3v) is 2.24. The van der Waals surface area contributed by atoms with Crippen LogP contribution >= 0.6 is 0 Å². The van der Waals surface area contributed by atoms with E-state index < -0.39 is 5.97 Å². The van der Waals surface area contributed by atoms with Crippen molar-refractivity contribution in [3.8, 4) is 11.5 Å². The van der Waals surface area contributed by atoms with Gasteiger partial charge in [0.15, 0.2) is 0 Å². The largest absolute Gasteiger partial charge is 0.508 e. The Kier molecular flexibility index (Phi) is 3.05. The topological polar surface area (TPSA) is 98.6 Å². The lowest BCUT2D eigenvalue weighted by Gasteiger charge is -2.06. The molecule has 0 radical (unpaired) electrons. The first-order valence-corrected chi connectivity index (χ1v) is 5.22. The number of carbonyl (C=O) groups is 1. The van der Waals surface area contributed by atoms with Crippen LogP contribution in [0, 0.1) is 0 Å². The van der Waals surface area contributed by atoms with Gasteiger partial charge in [0.1, 0.15) is 11.5 Å². The maximum absolute atomic E-state index is 11.8. The summed E-state index contributed by atoms with van der Waals surface area (Å²) in [5, 5.41) is 9.25. The minimum Gasteiger partial charge on any atom is -0.508 e. The van der Waals surface area contributed by atoms with Crippen LogP contribution in [0.2, 0.25) is 0 Å². The van der Waals surface area contributed by atoms with Gasteiger partial charge in [-0.3, -0.25) is 0 Å². The standard InChI is InChI=1S/C13H12N2O3/c14-9-4-8(5-10(15)6-9)13(17)18-12-3-1-2-11(16)7-12/h1-7,16H,14-15H2. The van der Waals surface area contributed by atoms with Crippen molar-refractivity contribution < 1.29 is 14.6 Å². The summed E-state index contributed by atoms with van der Waals surface area (Å²) in [5.41, 5.74) is 12.2. The fraction of sp³-hybridized carbons (Fsp3) is 0. The molecule has 0 saturated carbocycles. The first kappa shape index (κ1) is 11.8. The number of nitrogens with two attached hydrogens (primary N) is 2. The fourth-order valence-corrected chi connectivity index (χ4v) is 1.51. The van der Waals surface area contributed by atoms with Crippen LogP contribution in [0.25, 0.3) is 0 Å². The molecule has 0 unspecified atom stereocenters. The van der Waals surface area contributed by atoms with E-state index in [9.17, 15) is 9.90 Å². The van der Waals surface area contributed by atoms with E-state index >= 15 is 0 Å². The number of esters is 1. The van der Waals surface area contributed by atoms with Gasteiger partial charge < -0.3 is 21.3 Å². The van der Waals surface area contributed by atoms with Gasteiger partial charge in [0, 0.05) is 17.4 Å². The van der Waals surface area contributed by atoms with Crippen LogP contribution in [0.5, 0.6) is 11.5 Å². The van der Waals surface area contributed by atoms with E-state index in [0.29, 0.717) is 11.4 Å². The molecule has 0 heterocycles. The van der Waals surface area contributed by atoms with Crippen molar-refractivity contribution in [3.05, 3.63) is 48.0 Å². The summed E-state index contributed by atoms with van der Waals surface area (Å²) >= 11 is 0. The second kappa shape index (κ2) is 4.67. The second-order valence-corrected chi connectivity index (χ2v) is 3.78. The lowest BCUT2D eigenvalue weighted by Crippen LogP contribution is -2.09. The maximum Gasteiger partial charge on any atom is 0.343 e. The third kappa shape index (κ3) is 2.70. The zero-order valence-electron chi connectivity index (χ0n) is 9.46. The van der Waals surface area contributed by atoms with Gasteiger partial charge in [0.25, 0.3) is 0 Å². The van der Waals surface area contributed by atoms with E-state index in [-0.39, 0.29) is 17.1 Å². The highest BCUT2D eigenvalue weighted by molar-refractivity contribution is 5.93. The Hall–Kier alpha value is -2.69. The van der Waals surface area contributed by atoms with Crippen molar-refractivity contribution in [2.75, 3.05) is 11.5 Å². The molecule has 0 amide bonds. The molecule has 18 heavy (non-hydrogen) atoms. The lowest BCUT2D eigenvalue weighted by atomic mass is 10.2. The van der Waals surface area contributed by atoms with Gasteiger partial charge in [-0.25, -0.2) is 4.79 Å². The number of carbonyl (C=O) groups excluding carboxylic acids is 1. The monoisotopic (exact) mass is 244 g/mol. The molecule has 0 aliphatic carbocycles. The van der Waals surface area contributed by atoms with Crippen LogP contribution in [0.4, 0.5) is 11.4 Å². The summed E-state index contributed by atoms with van der Waals surface area (Å²) in [6, 6.07) is 10.5. The van der Waals surface area contributed by atoms with Crippen LogP contribution in [0.1, 0.15) is 10.4 Å². The summed E-state index contributed by atoms with van der Waals surface area (Å²) < 4.78 is 5.08. The van der Waals surface area contributed by atoms with Crippen LogP contribution in [-0.4, -0.2) is 11.1 Å². The summed E-state index contributed by atoms with van der Waals surface area (Å²) in [6.45, 7) is 0. The number of rotatable bonds is 2. The lowest BCUT2D eigenvalue weighted by molar-refractivity contribution is 0.0734. The Bertz CT molecular complexity index is 576. The molecular weight excluding hydrogens is 232 g/mol. The Balaban J connectivity index is 2.22. The molecule has 0 aliphatic rings. The number of aromatic hydroxyl groups is 1. The maximum atomic E-state index is 11.8. The molecule has 2 aromatic carbocycles. The smallest absolute Gasteiger partial charge is 0.343 e. The molecule has 0 saturated heterocycles. The highest BCUT2D eigenvalue weighted by atomic mass is 16.5. The number of nitrogen functional groups attached to an aromatic ring is 2. The van der Waals surface area contributed by atoms with Gasteiger partial charge in [-0.1, -0.05) is 6.07 Å². The summed E-state index contributed by atoms with van der Waals surface area (Å²) in [7, 11) is 0. The second-order valence-electron chi connectivity index (χ2n) is 3.78. The quantitative estimate of drug-likeness (QED) is 0.425. The Morgan fingerprint density at radius 2 is 1.72 bits per heavy atom. The minimum absolute atomic E-state index is 0.0207. The minimum atomic E-state index is -0.584. The van der Waals surface area contributed by atoms with Gasteiger partial charge in [0.05, 0.1) is 5.56 Å². The molecule has 0 aromatic heterocycles. The van der Waals surface area contributed by atoms with E-state index in [1.165, 1.54) is 24.3 Å². The summed E-state index contributed by atoms with van der Waals surface area (Å²) in [4.78, 5) is 11.8. The first-order valence-electron chi connectivity index (χ1n) is 5.22. The van der Waals surface area contributed by atoms with Crippen molar-refractivity contribution >= 4 is 17.3 Å². The van der Waals surface area contributed by atoms with E-state index in [2.05, 4.69) is 0 Å². The predicted octanol–water partition coefficient (Wildman–Crippen LogP) is 1.78. The molecule has 0 spiro atoms. The molecule has 2 rings (SSSR count). The number of anilines is 2. The van der Waals surface area contributed by atoms with E-state index in [1.54, 1.807) is 18.2 Å². The Morgan fingerprint density at radius 3 is 2.33 bits per heavy atom. The molecule has 0 aliphatic heterocycles. The average molecular weight is 244 g/mol. The zero-order valence-corrected chi connectivity index (χ0v) is 9.46.